The second kappa shape index (κ2) is 6.28. The number of halogens is 1. The smallest absolute Gasteiger partial charge is 0.326 e. The van der Waals surface area contributed by atoms with E-state index < -0.39 is 0 Å². The molecule has 1 aromatic heterocycles. The number of rotatable bonds is 3. The van der Waals surface area contributed by atoms with Crippen molar-refractivity contribution in [1.82, 2.24) is 9.55 Å². The van der Waals surface area contributed by atoms with E-state index in [1.54, 1.807) is 0 Å². The third-order valence-electron chi connectivity index (χ3n) is 4.56. The minimum Gasteiger partial charge on any atom is -0.469 e. The average Bonchev–Trinajstić information content (AvgIpc) is 2.83. The van der Waals surface area contributed by atoms with Crippen LogP contribution in [-0.4, -0.2) is 22.6 Å². The Morgan fingerprint density at radius 1 is 1.36 bits per heavy atom. The summed E-state index contributed by atoms with van der Waals surface area (Å²) in [5, 5.41) is 0. The van der Waals surface area contributed by atoms with Gasteiger partial charge in [-0.05, 0) is 49.8 Å². The summed E-state index contributed by atoms with van der Waals surface area (Å²) in [5.41, 5.74) is 1.72. The van der Waals surface area contributed by atoms with Gasteiger partial charge in [-0.25, -0.2) is 4.79 Å². The fourth-order valence-corrected chi connectivity index (χ4v) is 3.66. The lowest BCUT2D eigenvalue weighted by Gasteiger charge is -2.27. The number of aromatic nitrogens is 2. The highest BCUT2D eigenvalue weighted by atomic mass is 79.9. The van der Waals surface area contributed by atoms with Gasteiger partial charge in [0.25, 0.3) is 0 Å². The van der Waals surface area contributed by atoms with Crippen molar-refractivity contribution < 1.29 is 9.53 Å². The lowest BCUT2D eigenvalue weighted by Crippen LogP contribution is -2.27. The predicted molar refractivity (Wildman–Crippen MR) is 87.7 cm³/mol. The molecule has 0 saturated heterocycles. The van der Waals surface area contributed by atoms with Crippen LogP contribution in [0.4, 0.5) is 0 Å². The monoisotopic (exact) mass is 366 g/mol. The van der Waals surface area contributed by atoms with E-state index >= 15 is 0 Å². The zero-order valence-corrected chi connectivity index (χ0v) is 14.1. The quantitative estimate of drug-likeness (QED) is 0.848. The highest BCUT2D eigenvalue weighted by Gasteiger charge is 2.27. The summed E-state index contributed by atoms with van der Waals surface area (Å²) in [6.45, 7) is 0.698. The molecule has 3 rings (SSSR count). The van der Waals surface area contributed by atoms with Gasteiger partial charge in [0.1, 0.15) is 0 Å². The third-order valence-corrected chi connectivity index (χ3v) is 5.05. The summed E-state index contributed by atoms with van der Waals surface area (Å²) in [7, 11) is 1.44. The summed E-state index contributed by atoms with van der Waals surface area (Å²) in [6.07, 6.45) is 3.59. The first-order chi connectivity index (χ1) is 10.6. The Hall–Kier alpha value is -1.56. The Kier molecular flexibility index (Phi) is 4.38. The summed E-state index contributed by atoms with van der Waals surface area (Å²) >= 11 is 3.45. The van der Waals surface area contributed by atoms with Crippen LogP contribution in [0, 0.1) is 11.8 Å². The van der Waals surface area contributed by atoms with Gasteiger partial charge >= 0.3 is 11.7 Å². The Balaban J connectivity index is 1.75. The number of ether oxygens (including phenoxy) is 1. The van der Waals surface area contributed by atoms with Crippen LogP contribution in [0.5, 0.6) is 0 Å². The molecule has 0 aliphatic heterocycles. The van der Waals surface area contributed by atoms with Crippen molar-refractivity contribution in [2.24, 2.45) is 11.8 Å². The van der Waals surface area contributed by atoms with Crippen LogP contribution in [0.2, 0.25) is 0 Å². The SMILES string of the molecule is COC(=O)[C@H]1CC[C@H](Cn2c(=O)[nH]c3ccc(Br)cc32)CC1. The zero-order chi connectivity index (χ0) is 15.7. The largest absolute Gasteiger partial charge is 0.469 e. The molecular formula is C16H19BrN2O3. The first kappa shape index (κ1) is 15.3. The number of fused-ring (bicyclic) bond motifs is 1. The number of aromatic amines is 1. The van der Waals surface area contributed by atoms with Crippen LogP contribution in [0.25, 0.3) is 11.0 Å². The molecule has 118 valence electrons. The molecular weight excluding hydrogens is 348 g/mol. The van der Waals surface area contributed by atoms with E-state index in [0.717, 1.165) is 41.2 Å². The van der Waals surface area contributed by atoms with E-state index in [2.05, 4.69) is 20.9 Å². The lowest BCUT2D eigenvalue weighted by molar-refractivity contribution is -0.146. The predicted octanol–water partition coefficient (Wildman–Crippen LogP) is 3.07. The van der Waals surface area contributed by atoms with Crippen molar-refractivity contribution in [2.75, 3.05) is 7.11 Å². The Labute approximate surface area is 136 Å². The van der Waals surface area contributed by atoms with Gasteiger partial charge in [0.15, 0.2) is 0 Å². The minimum atomic E-state index is -0.105. The van der Waals surface area contributed by atoms with E-state index in [9.17, 15) is 9.59 Å². The molecule has 1 fully saturated rings. The van der Waals surface area contributed by atoms with Crippen molar-refractivity contribution >= 4 is 32.9 Å². The molecule has 2 aromatic rings. The van der Waals surface area contributed by atoms with Gasteiger partial charge in [0.2, 0.25) is 0 Å². The fourth-order valence-electron chi connectivity index (χ4n) is 3.31. The van der Waals surface area contributed by atoms with Crippen LogP contribution < -0.4 is 5.69 Å². The fraction of sp³-hybridized carbons (Fsp3) is 0.500. The average molecular weight is 367 g/mol. The number of hydrogen-bond donors (Lipinski definition) is 1. The summed E-state index contributed by atoms with van der Waals surface area (Å²) in [6, 6.07) is 5.79. The summed E-state index contributed by atoms with van der Waals surface area (Å²) < 4.78 is 7.59. The molecule has 0 bridgehead atoms. The Morgan fingerprint density at radius 2 is 2.09 bits per heavy atom. The molecule has 0 radical (unpaired) electrons. The second-order valence-corrected chi connectivity index (χ2v) is 6.86. The maximum absolute atomic E-state index is 12.2. The number of carbonyl (C=O) groups excluding carboxylic acids is 1. The summed E-state index contributed by atoms with van der Waals surface area (Å²) in [4.78, 5) is 26.6. The van der Waals surface area contributed by atoms with Gasteiger partial charge in [-0.15, -0.1) is 0 Å². The van der Waals surface area contributed by atoms with Crippen molar-refractivity contribution in [3.8, 4) is 0 Å². The Bertz CT molecular complexity index is 741. The van der Waals surface area contributed by atoms with Crippen LogP contribution >= 0.6 is 15.9 Å². The maximum Gasteiger partial charge on any atom is 0.326 e. The molecule has 0 spiro atoms. The number of nitrogens with one attached hydrogen (secondary N) is 1. The third kappa shape index (κ3) is 2.97. The number of imidazole rings is 1. The van der Waals surface area contributed by atoms with Crippen LogP contribution in [-0.2, 0) is 16.1 Å². The van der Waals surface area contributed by atoms with Crippen molar-refractivity contribution in [2.45, 2.75) is 32.2 Å². The van der Waals surface area contributed by atoms with Gasteiger partial charge < -0.3 is 9.72 Å². The van der Waals surface area contributed by atoms with Crippen molar-refractivity contribution in [3.05, 3.63) is 33.2 Å². The number of carbonyl (C=O) groups is 1. The number of hydrogen-bond acceptors (Lipinski definition) is 3. The van der Waals surface area contributed by atoms with Crippen LogP contribution in [0.1, 0.15) is 25.7 Å². The standard InChI is InChI=1S/C16H19BrN2O3/c1-22-15(20)11-4-2-10(3-5-11)9-19-14-8-12(17)6-7-13(14)18-16(19)21/h6-8,10-11H,2-5,9H2,1H3,(H,18,21)/t10-,11-. The number of H-pyrrole nitrogens is 1. The van der Waals surface area contributed by atoms with Crippen LogP contribution in [0.3, 0.4) is 0 Å². The molecule has 1 aromatic carbocycles. The summed E-state index contributed by atoms with van der Waals surface area (Å²) in [5.74, 6) is 0.346. The van der Waals surface area contributed by atoms with E-state index in [1.807, 2.05) is 22.8 Å². The molecule has 0 unspecified atom stereocenters. The molecule has 5 nitrogen and oxygen atoms in total. The molecule has 1 aliphatic rings. The van der Waals surface area contributed by atoms with E-state index in [-0.39, 0.29) is 17.6 Å². The minimum absolute atomic E-state index is 0.0232. The highest BCUT2D eigenvalue weighted by molar-refractivity contribution is 9.10. The normalized spacial score (nSPS) is 21.9. The van der Waals surface area contributed by atoms with E-state index in [0.29, 0.717) is 12.5 Å². The van der Waals surface area contributed by atoms with Gasteiger partial charge in [-0.3, -0.25) is 9.36 Å². The number of nitrogens with zero attached hydrogens (tertiary/aromatic N) is 1. The van der Waals surface area contributed by atoms with Gasteiger partial charge in [-0.1, -0.05) is 15.9 Å². The second-order valence-electron chi connectivity index (χ2n) is 5.94. The zero-order valence-electron chi connectivity index (χ0n) is 12.5. The number of esters is 1. The molecule has 22 heavy (non-hydrogen) atoms. The highest BCUT2D eigenvalue weighted by Crippen LogP contribution is 2.31. The molecule has 1 heterocycles. The molecule has 0 amide bonds. The first-order valence-electron chi connectivity index (χ1n) is 7.54. The molecule has 6 heteroatoms. The van der Waals surface area contributed by atoms with E-state index in [4.69, 9.17) is 4.74 Å². The number of methoxy groups -OCH3 is 1. The number of benzene rings is 1. The topological polar surface area (TPSA) is 64.1 Å². The van der Waals surface area contributed by atoms with Gasteiger partial charge in [0.05, 0.1) is 24.1 Å². The molecule has 1 aliphatic carbocycles. The lowest BCUT2D eigenvalue weighted by atomic mass is 9.82. The van der Waals surface area contributed by atoms with Gasteiger partial charge in [-0.2, -0.15) is 0 Å². The van der Waals surface area contributed by atoms with Crippen molar-refractivity contribution in [3.63, 3.8) is 0 Å². The Morgan fingerprint density at radius 3 is 2.77 bits per heavy atom. The maximum atomic E-state index is 12.2. The van der Waals surface area contributed by atoms with Crippen LogP contribution in [0.15, 0.2) is 27.5 Å². The van der Waals surface area contributed by atoms with Crippen molar-refractivity contribution in [1.29, 1.82) is 0 Å². The van der Waals surface area contributed by atoms with Gasteiger partial charge in [0, 0.05) is 11.0 Å². The molecule has 1 saturated carbocycles. The van der Waals surface area contributed by atoms with E-state index in [1.165, 1.54) is 7.11 Å². The first-order valence-corrected chi connectivity index (χ1v) is 8.33. The molecule has 0 atom stereocenters. The molecule has 1 N–H and O–H groups in total.